The van der Waals surface area contributed by atoms with E-state index in [4.69, 9.17) is 16.9 Å². The van der Waals surface area contributed by atoms with Crippen LogP contribution in [0.15, 0.2) is 12.1 Å². The molecule has 0 aliphatic heterocycles. The molecule has 0 aliphatic rings. The summed E-state index contributed by atoms with van der Waals surface area (Å²) in [5.74, 6) is -0.522. The second-order valence-corrected chi connectivity index (χ2v) is 3.31. The number of carbonyl (C=O) groups excluding carboxylic acids is 1. The van der Waals surface area contributed by atoms with Crippen molar-refractivity contribution in [3.8, 4) is 6.07 Å². The van der Waals surface area contributed by atoms with Gasteiger partial charge in [0, 0.05) is 5.02 Å². The molecular weight excluding hydrogens is 214 g/mol. The molecule has 0 saturated carbocycles. The Morgan fingerprint density at radius 2 is 2.27 bits per heavy atom. The van der Waals surface area contributed by atoms with Gasteiger partial charge in [-0.15, -0.1) is 0 Å². The minimum absolute atomic E-state index is 0.273. The number of rotatable bonds is 2. The Morgan fingerprint density at radius 3 is 2.73 bits per heavy atom. The maximum absolute atomic E-state index is 11.5. The third kappa shape index (κ3) is 2.11. The summed E-state index contributed by atoms with van der Waals surface area (Å²) in [6.45, 7) is 1.87. The van der Waals surface area contributed by atoms with E-state index in [-0.39, 0.29) is 5.56 Å². The van der Waals surface area contributed by atoms with Crippen LogP contribution in [0.3, 0.4) is 0 Å². The smallest absolute Gasteiger partial charge is 0.339 e. The fourth-order valence-electron chi connectivity index (χ4n) is 1.40. The Bertz CT molecular complexity index is 435. The summed E-state index contributed by atoms with van der Waals surface area (Å²) in [6, 6.07) is 5.09. The summed E-state index contributed by atoms with van der Waals surface area (Å²) in [7, 11) is 1.28. The van der Waals surface area contributed by atoms with Crippen LogP contribution >= 0.6 is 11.6 Å². The lowest BCUT2D eigenvalue weighted by molar-refractivity contribution is 0.0599. The molecule has 0 saturated heterocycles. The summed E-state index contributed by atoms with van der Waals surface area (Å²) >= 11 is 5.94. The van der Waals surface area contributed by atoms with Crippen molar-refractivity contribution in [2.45, 2.75) is 13.3 Å². The van der Waals surface area contributed by atoms with E-state index in [1.54, 1.807) is 6.07 Å². The van der Waals surface area contributed by atoms with E-state index >= 15 is 0 Å². The third-order valence-corrected chi connectivity index (χ3v) is 2.47. The first-order chi connectivity index (χ1) is 7.15. The molecule has 0 amide bonds. The van der Waals surface area contributed by atoms with Gasteiger partial charge in [-0.2, -0.15) is 5.26 Å². The summed E-state index contributed by atoms with van der Waals surface area (Å²) < 4.78 is 4.63. The SMILES string of the molecule is CCc1c(Cl)ccc(C#N)c1C(=O)OC. The van der Waals surface area contributed by atoms with E-state index in [2.05, 4.69) is 4.74 Å². The van der Waals surface area contributed by atoms with Crippen LogP contribution in [-0.4, -0.2) is 13.1 Å². The normalized spacial score (nSPS) is 9.47. The van der Waals surface area contributed by atoms with Gasteiger partial charge >= 0.3 is 5.97 Å². The molecule has 1 rings (SSSR count). The first kappa shape index (κ1) is 11.5. The van der Waals surface area contributed by atoms with Gasteiger partial charge in [-0.05, 0) is 24.1 Å². The molecule has 0 fully saturated rings. The number of methoxy groups -OCH3 is 1. The molecule has 4 heteroatoms. The van der Waals surface area contributed by atoms with Gasteiger partial charge in [-0.25, -0.2) is 4.79 Å². The predicted octanol–water partition coefficient (Wildman–Crippen LogP) is 2.56. The van der Waals surface area contributed by atoms with Crippen LogP contribution in [0.1, 0.15) is 28.4 Å². The molecule has 1 aromatic carbocycles. The molecule has 0 radical (unpaired) electrons. The van der Waals surface area contributed by atoms with Crippen molar-refractivity contribution in [3.05, 3.63) is 33.8 Å². The first-order valence-electron chi connectivity index (χ1n) is 4.45. The average Bonchev–Trinajstić information content (AvgIpc) is 2.27. The highest BCUT2D eigenvalue weighted by molar-refractivity contribution is 6.32. The molecule has 0 atom stereocenters. The van der Waals surface area contributed by atoms with Crippen LogP contribution in [0.2, 0.25) is 5.02 Å². The molecule has 0 aliphatic carbocycles. The molecule has 1 aromatic rings. The van der Waals surface area contributed by atoms with Crippen LogP contribution in [0.5, 0.6) is 0 Å². The standard InChI is InChI=1S/C11H10ClNO2/c1-3-8-9(12)5-4-7(6-13)10(8)11(14)15-2/h4-5H,3H2,1-2H3. The van der Waals surface area contributed by atoms with Gasteiger partial charge in [0.05, 0.1) is 18.2 Å². The lowest BCUT2D eigenvalue weighted by Gasteiger charge is -2.09. The number of nitrogens with zero attached hydrogens (tertiary/aromatic N) is 1. The van der Waals surface area contributed by atoms with Crippen molar-refractivity contribution in [1.29, 1.82) is 5.26 Å². The maximum atomic E-state index is 11.5. The number of halogens is 1. The molecule has 0 unspecified atom stereocenters. The van der Waals surface area contributed by atoms with E-state index in [1.807, 2.05) is 13.0 Å². The van der Waals surface area contributed by atoms with Gasteiger partial charge in [0.1, 0.15) is 6.07 Å². The number of nitriles is 1. The van der Waals surface area contributed by atoms with Crippen LogP contribution in [0.25, 0.3) is 0 Å². The number of benzene rings is 1. The summed E-state index contributed by atoms with van der Waals surface area (Å²) in [4.78, 5) is 11.5. The van der Waals surface area contributed by atoms with Crippen molar-refractivity contribution in [3.63, 3.8) is 0 Å². The van der Waals surface area contributed by atoms with Gasteiger partial charge in [-0.1, -0.05) is 18.5 Å². The predicted molar refractivity (Wildman–Crippen MR) is 56.9 cm³/mol. The number of esters is 1. The second kappa shape index (κ2) is 4.81. The van der Waals surface area contributed by atoms with Crippen molar-refractivity contribution in [2.24, 2.45) is 0 Å². The van der Waals surface area contributed by atoms with Crippen LogP contribution in [-0.2, 0) is 11.2 Å². The minimum Gasteiger partial charge on any atom is -0.465 e. The summed E-state index contributed by atoms with van der Waals surface area (Å²) in [6.07, 6.45) is 0.582. The van der Waals surface area contributed by atoms with Crippen LogP contribution < -0.4 is 0 Å². The Kier molecular flexibility index (Phi) is 3.70. The molecule has 78 valence electrons. The highest BCUT2D eigenvalue weighted by Crippen LogP contribution is 2.24. The summed E-state index contributed by atoms with van der Waals surface area (Å²) in [5, 5.41) is 9.36. The Hall–Kier alpha value is -1.53. The van der Waals surface area contributed by atoms with Crippen LogP contribution in [0.4, 0.5) is 0 Å². The molecule has 0 heterocycles. The lowest BCUT2D eigenvalue weighted by atomic mass is 10.00. The number of hydrogen-bond donors (Lipinski definition) is 0. The van der Waals surface area contributed by atoms with E-state index in [0.29, 0.717) is 22.6 Å². The quantitative estimate of drug-likeness (QED) is 0.724. The molecule has 0 N–H and O–H groups in total. The molecule has 15 heavy (non-hydrogen) atoms. The topological polar surface area (TPSA) is 50.1 Å². The molecule has 3 nitrogen and oxygen atoms in total. The molecule has 0 aromatic heterocycles. The van der Waals surface area contributed by atoms with Crippen molar-refractivity contribution in [2.75, 3.05) is 7.11 Å². The Morgan fingerprint density at radius 1 is 1.60 bits per heavy atom. The highest BCUT2D eigenvalue weighted by Gasteiger charge is 2.18. The largest absolute Gasteiger partial charge is 0.465 e. The third-order valence-electron chi connectivity index (χ3n) is 2.12. The Labute approximate surface area is 93.2 Å². The Balaban J connectivity index is 3.49. The van der Waals surface area contributed by atoms with Crippen LogP contribution in [0, 0.1) is 11.3 Å². The van der Waals surface area contributed by atoms with E-state index in [1.165, 1.54) is 13.2 Å². The van der Waals surface area contributed by atoms with E-state index < -0.39 is 5.97 Å². The number of hydrogen-bond acceptors (Lipinski definition) is 3. The van der Waals surface area contributed by atoms with Gasteiger partial charge in [-0.3, -0.25) is 0 Å². The number of ether oxygens (including phenoxy) is 1. The first-order valence-corrected chi connectivity index (χ1v) is 4.83. The van der Waals surface area contributed by atoms with Crippen molar-refractivity contribution >= 4 is 17.6 Å². The van der Waals surface area contributed by atoms with Crippen molar-refractivity contribution in [1.82, 2.24) is 0 Å². The fourth-order valence-corrected chi connectivity index (χ4v) is 1.69. The van der Waals surface area contributed by atoms with Gasteiger partial charge in [0.25, 0.3) is 0 Å². The molecular formula is C11H10ClNO2. The monoisotopic (exact) mass is 223 g/mol. The van der Waals surface area contributed by atoms with Crippen molar-refractivity contribution < 1.29 is 9.53 Å². The minimum atomic E-state index is -0.522. The fraction of sp³-hybridized carbons (Fsp3) is 0.273. The molecule has 0 spiro atoms. The average molecular weight is 224 g/mol. The van der Waals surface area contributed by atoms with E-state index in [0.717, 1.165) is 0 Å². The maximum Gasteiger partial charge on any atom is 0.339 e. The zero-order valence-corrected chi connectivity index (χ0v) is 9.26. The zero-order valence-electron chi connectivity index (χ0n) is 8.50. The van der Waals surface area contributed by atoms with Gasteiger partial charge in [0.15, 0.2) is 0 Å². The number of carbonyl (C=O) groups is 1. The second-order valence-electron chi connectivity index (χ2n) is 2.91. The molecule has 0 bridgehead atoms. The highest BCUT2D eigenvalue weighted by atomic mass is 35.5. The lowest BCUT2D eigenvalue weighted by Crippen LogP contribution is -2.08. The van der Waals surface area contributed by atoms with Gasteiger partial charge < -0.3 is 4.74 Å². The zero-order chi connectivity index (χ0) is 11.4. The van der Waals surface area contributed by atoms with Gasteiger partial charge in [0.2, 0.25) is 0 Å². The summed E-state index contributed by atoms with van der Waals surface area (Å²) in [5.41, 5.74) is 1.22. The van der Waals surface area contributed by atoms with E-state index in [9.17, 15) is 4.79 Å².